The van der Waals surface area contributed by atoms with Crippen LogP contribution in [0.4, 0.5) is 0 Å². The molecule has 2 aromatic carbocycles. The third-order valence-corrected chi connectivity index (χ3v) is 4.85. The average Bonchev–Trinajstić information content (AvgIpc) is 2.84. The van der Waals surface area contributed by atoms with Crippen molar-refractivity contribution in [2.75, 3.05) is 0 Å². The van der Waals surface area contributed by atoms with Gasteiger partial charge in [-0.05, 0) is 53.0 Å². The Morgan fingerprint density at radius 3 is 2.15 bits per heavy atom. The summed E-state index contributed by atoms with van der Waals surface area (Å²) in [6.45, 7) is 6.82. The topological polar surface area (TPSA) is 0 Å². The molecule has 2 unspecified atom stereocenters. The van der Waals surface area contributed by atoms with Crippen molar-refractivity contribution in [1.29, 1.82) is 0 Å². The summed E-state index contributed by atoms with van der Waals surface area (Å²) >= 11 is 0. The smallest absolute Gasteiger partial charge is 0.00979 e. The van der Waals surface area contributed by atoms with Gasteiger partial charge >= 0.3 is 0 Å². The van der Waals surface area contributed by atoms with Crippen LogP contribution in [-0.4, -0.2) is 0 Å². The zero-order chi connectivity index (χ0) is 14.1. The SMILES string of the molecule is CCc1ccc(C2CC(C)c3ccc(CC)cc32)cc1. The molecule has 0 bridgehead atoms. The highest BCUT2D eigenvalue weighted by Crippen LogP contribution is 2.45. The third kappa shape index (κ3) is 2.28. The summed E-state index contributed by atoms with van der Waals surface area (Å²) in [5.41, 5.74) is 7.52. The largest absolute Gasteiger partial charge is 0.0613 e. The number of rotatable bonds is 3. The van der Waals surface area contributed by atoms with Crippen molar-refractivity contribution in [1.82, 2.24) is 0 Å². The summed E-state index contributed by atoms with van der Waals surface area (Å²) in [4.78, 5) is 0. The molecule has 0 spiro atoms. The summed E-state index contributed by atoms with van der Waals surface area (Å²) in [6.07, 6.45) is 3.51. The first-order chi connectivity index (χ1) is 9.72. The van der Waals surface area contributed by atoms with Crippen molar-refractivity contribution in [2.24, 2.45) is 0 Å². The molecule has 3 rings (SSSR count). The van der Waals surface area contributed by atoms with E-state index in [1.165, 1.54) is 23.1 Å². The van der Waals surface area contributed by atoms with E-state index in [4.69, 9.17) is 0 Å². The summed E-state index contributed by atoms with van der Waals surface area (Å²) in [5, 5.41) is 0. The molecule has 0 fully saturated rings. The Labute approximate surface area is 122 Å². The monoisotopic (exact) mass is 264 g/mol. The molecule has 0 heteroatoms. The quantitative estimate of drug-likeness (QED) is 0.691. The third-order valence-electron chi connectivity index (χ3n) is 4.85. The zero-order valence-electron chi connectivity index (χ0n) is 12.8. The molecule has 20 heavy (non-hydrogen) atoms. The highest BCUT2D eigenvalue weighted by atomic mass is 14.3. The van der Waals surface area contributed by atoms with E-state index in [1.807, 2.05) is 0 Å². The highest BCUT2D eigenvalue weighted by Gasteiger charge is 2.29. The number of fused-ring (bicyclic) bond motifs is 1. The maximum atomic E-state index is 2.44. The number of benzene rings is 2. The first-order valence-electron chi connectivity index (χ1n) is 7.94. The van der Waals surface area contributed by atoms with Crippen LogP contribution in [0.5, 0.6) is 0 Å². The van der Waals surface area contributed by atoms with Gasteiger partial charge < -0.3 is 0 Å². The minimum atomic E-state index is 0.595. The Kier molecular flexibility index (Phi) is 3.65. The molecule has 1 aliphatic carbocycles. The van der Waals surface area contributed by atoms with Crippen LogP contribution in [0, 0.1) is 0 Å². The lowest BCUT2D eigenvalue weighted by Gasteiger charge is -2.13. The molecule has 2 atom stereocenters. The molecule has 0 saturated carbocycles. The zero-order valence-corrected chi connectivity index (χ0v) is 12.8. The lowest BCUT2D eigenvalue weighted by molar-refractivity contribution is 0.686. The number of hydrogen-bond donors (Lipinski definition) is 0. The molecular weight excluding hydrogens is 240 g/mol. The Hall–Kier alpha value is -1.56. The summed E-state index contributed by atoms with van der Waals surface area (Å²) in [6, 6.07) is 16.4. The first kappa shape index (κ1) is 13.4. The van der Waals surface area contributed by atoms with Crippen LogP contribution in [0.25, 0.3) is 0 Å². The Morgan fingerprint density at radius 2 is 1.50 bits per heavy atom. The van der Waals surface area contributed by atoms with Gasteiger partial charge in [0.25, 0.3) is 0 Å². The summed E-state index contributed by atoms with van der Waals surface area (Å²) in [7, 11) is 0. The van der Waals surface area contributed by atoms with Gasteiger partial charge in [0, 0.05) is 5.92 Å². The lowest BCUT2D eigenvalue weighted by atomic mass is 9.91. The minimum Gasteiger partial charge on any atom is -0.0613 e. The van der Waals surface area contributed by atoms with Crippen molar-refractivity contribution >= 4 is 0 Å². The van der Waals surface area contributed by atoms with E-state index in [0.717, 1.165) is 12.8 Å². The van der Waals surface area contributed by atoms with Crippen molar-refractivity contribution < 1.29 is 0 Å². The number of hydrogen-bond acceptors (Lipinski definition) is 0. The van der Waals surface area contributed by atoms with Crippen molar-refractivity contribution in [3.05, 3.63) is 70.3 Å². The van der Waals surface area contributed by atoms with Gasteiger partial charge in [0.05, 0.1) is 0 Å². The van der Waals surface area contributed by atoms with E-state index in [2.05, 4.69) is 63.2 Å². The van der Waals surface area contributed by atoms with E-state index < -0.39 is 0 Å². The maximum absolute atomic E-state index is 2.44. The fourth-order valence-corrected chi connectivity index (χ4v) is 3.50. The number of aryl methyl sites for hydroxylation is 2. The van der Waals surface area contributed by atoms with E-state index in [1.54, 1.807) is 11.1 Å². The van der Waals surface area contributed by atoms with Crippen LogP contribution in [-0.2, 0) is 12.8 Å². The van der Waals surface area contributed by atoms with Gasteiger partial charge in [-0.2, -0.15) is 0 Å². The highest BCUT2D eigenvalue weighted by molar-refractivity contribution is 5.46. The minimum absolute atomic E-state index is 0.595. The van der Waals surface area contributed by atoms with Crippen LogP contribution in [0.3, 0.4) is 0 Å². The van der Waals surface area contributed by atoms with Gasteiger partial charge in [-0.1, -0.05) is 63.2 Å². The standard InChI is InChI=1S/C20H24/c1-4-15-6-9-17(10-7-15)19-12-14(3)18-11-8-16(5-2)13-20(18)19/h6-11,13-14,19H,4-5,12H2,1-3H3. The fourth-order valence-electron chi connectivity index (χ4n) is 3.50. The van der Waals surface area contributed by atoms with Gasteiger partial charge in [-0.25, -0.2) is 0 Å². The van der Waals surface area contributed by atoms with Crippen molar-refractivity contribution in [2.45, 2.75) is 51.9 Å². The molecule has 0 nitrogen and oxygen atoms in total. The second kappa shape index (κ2) is 5.44. The van der Waals surface area contributed by atoms with Crippen LogP contribution in [0.15, 0.2) is 42.5 Å². The lowest BCUT2D eigenvalue weighted by Crippen LogP contribution is -1.97. The molecule has 0 aliphatic heterocycles. The summed E-state index contributed by atoms with van der Waals surface area (Å²) in [5.74, 6) is 1.28. The second-order valence-corrected chi connectivity index (χ2v) is 6.10. The molecule has 0 aromatic heterocycles. The van der Waals surface area contributed by atoms with Crippen molar-refractivity contribution in [3.8, 4) is 0 Å². The van der Waals surface area contributed by atoms with Crippen molar-refractivity contribution in [3.63, 3.8) is 0 Å². The molecule has 2 aromatic rings. The molecular formula is C20H24. The van der Waals surface area contributed by atoms with E-state index in [9.17, 15) is 0 Å². The molecule has 104 valence electrons. The van der Waals surface area contributed by atoms with Crippen LogP contribution >= 0.6 is 0 Å². The molecule has 0 heterocycles. The second-order valence-electron chi connectivity index (χ2n) is 6.10. The van der Waals surface area contributed by atoms with Gasteiger partial charge in [0.2, 0.25) is 0 Å². The Bertz CT molecular complexity index is 592. The van der Waals surface area contributed by atoms with Gasteiger partial charge in [0.15, 0.2) is 0 Å². The predicted octanol–water partition coefficient (Wildman–Crippen LogP) is 5.45. The molecule has 0 saturated heterocycles. The Balaban J connectivity index is 2.00. The summed E-state index contributed by atoms with van der Waals surface area (Å²) < 4.78 is 0. The van der Waals surface area contributed by atoms with E-state index in [-0.39, 0.29) is 0 Å². The fraction of sp³-hybridized carbons (Fsp3) is 0.400. The van der Waals surface area contributed by atoms with Crippen LogP contribution in [0.2, 0.25) is 0 Å². The predicted molar refractivity (Wildman–Crippen MR) is 86.5 cm³/mol. The molecule has 0 N–H and O–H groups in total. The molecule has 1 aliphatic rings. The maximum Gasteiger partial charge on any atom is 0.00979 e. The van der Waals surface area contributed by atoms with Gasteiger partial charge in [-0.3, -0.25) is 0 Å². The van der Waals surface area contributed by atoms with Gasteiger partial charge in [0.1, 0.15) is 0 Å². The normalized spacial score (nSPS) is 20.9. The van der Waals surface area contributed by atoms with Crippen LogP contribution in [0.1, 0.15) is 66.8 Å². The molecule has 0 radical (unpaired) electrons. The first-order valence-corrected chi connectivity index (χ1v) is 7.94. The van der Waals surface area contributed by atoms with E-state index >= 15 is 0 Å². The average molecular weight is 264 g/mol. The van der Waals surface area contributed by atoms with E-state index in [0.29, 0.717) is 11.8 Å². The molecule has 0 amide bonds. The Morgan fingerprint density at radius 1 is 0.850 bits per heavy atom. The van der Waals surface area contributed by atoms with Gasteiger partial charge in [-0.15, -0.1) is 0 Å². The van der Waals surface area contributed by atoms with Crippen LogP contribution < -0.4 is 0 Å².